The predicted octanol–water partition coefficient (Wildman–Crippen LogP) is 3.69. The highest BCUT2D eigenvalue weighted by Crippen LogP contribution is 2.29. The van der Waals surface area contributed by atoms with Crippen LogP contribution in [0.25, 0.3) is 11.0 Å². The number of nitrogens with one attached hydrogen (secondary N) is 1. The molecule has 0 saturated carbocycles. The second-order valence-corrected chi connectivity index (χ2v) is 5.34. The Bertz CT molecular complexity index is 746. The van der Waals surface area contributed by atoms with Crippen LogP contribution >= 0.6 is 0 Å². The van der Waals surface area contributed by atoms with Crippen molar-refractivity contribution in [3.8, 4) is 0 Å². The van der Waals surface area contributed by atoms with Crippen molar-refractivity contribution in [1.29, 1.82) is 0 Å². The van der Waals surface area contributed by atoms with Crippen LogP contribution in [0.1, 0.15) is 35.7 Å². The van der Waals surface area contributed by atoms with E-state index < -0.39 is 0 Å². The molecule has 108 valence electrons. The molecule has 21 heavy (non-hydrogen) atoms. The first-order chi connectivity index (χ1) is 10.1. The summed E-state index contributed by atoms with van der Waals surface area (Å²) in [4.78, 5) is 8.61. The first kappa shape index (κ1) is 13.8. The molecule has 0 aliphatic carbocycles. The number of aromatic nitrogens is 2. The highest BCUT2D eigenvalue weighted by Gasteiger charge is 2.16. The van der Waals surface area contributed by atoms with Crippen LogP contribution in [0.5, 0.6) is 0 Å². The molecule has 0 amide bonds. The maximum absolute atomic E-state index is 5.97. The van der Waals surface area contributed by atoms with Gasteiger partial charge < -0.3 is 9.73 Å². The van der Waals surface area contributed by atoms with Crippen LogP contribution in [0.2, 0.25) is 0 Å². The summed E-state index contributed by atoms with van der Waals surface area (Å²) in [6.45, 7) is 6.81. The standard InChI is InChI=1S/C17H19N3O/c1-11-8-20-14(9-18-11)10-19-13(3)17-12(2)15-6-4-5-7-16(15)21-17/h4-9,13,19H,10H2,1-3H3. The molecule has 0 radical (unpaired) electrons. The van der Waals surface area contributed by atoms with Gasteiger partial charge in [0.25, 0.3) is 0 Å². The van der Waals surface area contributed by atoms with Crippen LogP contribution in [0.15, 0.2) is 41.1 Å². The van der Waals surface area contributed by atoms with Gasteiger partial charge in [0.1, 0.15) is 11.3 Å². The van der Waals surface area contributed by atoms with E-state index in [0.29, 0.717) is 6.54 Å². The third-order valence-electron chi connectivity index (χ3n) is 3.70. The molecular weight excluding hydrogens is 262 g/mol. The van der Waals surface area contributed by atoms with Crippen LogP contribution in [0.3, 0.4) is 0 Å². The lowest BCUT2D eigenvalue weighted by atomic mass is 10.1. The van der Waals surface area contributed by atoms with E-state index in [9.17, 15) is 0 Å². The number of para-hydroxylation sites is 1. The van der Waals surface area contributed by atoms with E-state index in [0.717, 1.165) is 22.7 Å². The Kier molecular flexibility index (Phi) is 3.71. The quantitative estimate of drug-likeness (QED) is 0.792. The van der Waals surface area contributed by atoms with Gasteiger partial charge in [-0.05, 0) is 32.4 Å². The zero-order valence-electron chi connectivity index (χ0n) is 12.6. The number of aryl methyl sites for hydroxylation is 2. The molecule has 0 fully saturated rings. The van der Waals surface area contributed by atoms with Gasteiger partial charge in [0.05, 0.1) is 17.4 Å². The fourth-order valence-corrected chi connectivity index (χ4v) is 2.47. The summed E-state index contributed by atoms with van der Waals surface area (Å²) in [5.74, 6) is 0.983. The molecule has 0 spiro atoms. The van der Waals surface area contributed by atoms with E-state index >= 15 is 0 Å². The minimum Gasteiger partial charge on any atom is -0.459 e. The second-order valence-electron chi connectivity index (χ2n) is 5.34. The Balaban J connectivity index is 1.76. The lowest BCUT2D eigenvalue weighted by Gasteiger charge is -2.12. The number of hydrogen-bond donors (Lipinski definition) is 1. The summed E-state index contributed by atoms with van der Waals surface area (Å²) in [7, 11) is 0. The van der Waals surface area contributed by atoms with Crippen molar-refractivity contribution in [2.75, 3.05) is 0 Å². The van der Waals surface area contributed by atoms with E-state index in [-0.39, 0.29) is 6.04 Å². The number of benzene rings is 1. The Morgan fingerprint density at radius 2 is 1.95 bits per heavy atom. The summed E-state index contributed by atoms with van der Waals surface area (Å²) in [6, 6.07) is 8.25. The fourth-order valence-electron chi connectivity index (χ4n) is 2.47. The molecule has 1 N–H and O–H groups in total. The average molecular weight is 281 g/mol. The van der Waals surface area contributed by atoms with Crippen molar-refractivity contribution in [3.63, 3.8) is 0 Å². The van der Waals surface area contributed by atoms with Gasteiger partial charge in [-0.25, -0.2) is 0 Å². The molecular formula is C17H19N3O. The number of furan rings is 1. The Morgan fingerprint density at radius 3 is 2.67 bits per heavy atom. The van der Waals surface area contributed by atoms with Gasteiger partial charge in [-0.1, -0.05) is 18.2 Å². The Morgan fingerprint density at radius 1 is 1.14 bits per heavy atom. The maximum atomic E-state index is 5.97. The van der Waals surface area contributed by atoms with Gasteiger partial charge in [0.2, 0.25) is 0 Å². The minimum atomic E-state index is 0.125. The molecule has 2 aromatic heterocycles. The molecule has 2 heterocycles. The lowest BCUT2D eigenvalue weighted by Crippen LogP contribution is -2.19. The van der Waals surface area contributed by atoms with Crippen molar-refractivity contribution in [2.24, 2.45) is 0 Å². The maximum Gasteiger partial charge on any atom is 0.134 e. The largest absolute Gasteiger partial charge is 0.459 e. The van der Waals surface area contributed by atoms with Crippen molar-refractivity contribution < 1.29 is 4.42 Å². The first-order valence-corrected chi connectivity index (χ1v) is 7.14. The van der Waals surface area contributed by atoms with Crippen molar-refractivity contribution in [3.05, 3.63) is 59.4 Å². The van der Waals surface area contributed by atoms with Crippen LogP contribution in [-0.2, 0) is 6.54 Å². The number of hydrogen-bond acceptors (Lipinski definition) is 4. The monoisotopic (exact) mass is 281 g/mol. The highest BCUT2D eigenvalue weighted by atomic mass is 16.3. The van der Waals surface area contributed by atoms with Crippen LogP contribution in [0.4, 0.5) is 0 Å². The third-order valence-corrected chi connectivity index (χ3v) is 3.70. The molecule has 0 aliphatic rings. The summed E-state index contributed by atoms with van der Waals surface area (Å²) in [6.07, 6.45) is 3.59. The van der Waals surface area contributed by atoms with E-state index in [1.165, 1.54) is 10.9 Å². The third kappa shape index (κ3) is 2.81. The van der Waals surface area contributed by atoms with E-state index in [4.69, 9.17) is 4.42 Å². The molecule has 1 unspecified atom stereocenters. The zero-order valence-corrected chi connectivity index (χ0v) is 12.6. The van der Waals surface area contributed by atoms with Gasteiger partial charge in [-0.3, -0.25) is 9.97 Å². The van der Waals surface area contributed by atoms with Gasteiger partial charge in [-0.2, -0.15) is 0 Å². The fraction of sp³-hybridized carbons (Fsp3) is 0.294. The zero-order chi connectivity index (χ0) is 14.8. The summed E-state index contributed by atoms with van der Waals surface area (Å²) < 4.78 is 5.97. The molecule has 0 aliphatic heterocycles. The molecule has 0 saturated heterocycles. The van der Waals surface area contributed by atoms with Crippen molar-refractivity contribution in [2.45, 2.75) is 33.4 Å². The van der Waals surface area contributed by atoms with Gasteiger partial charge in [0, 0.05) is 24.3 Å². The van der Waals surface area contributed by atoms with Gasteiger partial charge in [-0.15, -0.1) is 0 Å². The van der Waals surface area contributed by atoms with Crippen LogP contribution < -0.4 is 5.32 Å². The van der Waals surface area contributed by atoms with Crippen LogP contribution in [-0.4, -0.2) is 9.97 Å². The van der Waals surface area contributed by atoms with Crippen molar-refractivity contribution in [1.82, 2.24) is 15.3 Å². The summed E-state index contributed by atoms with van der Waals surface area (Å²) >= 11 is 0. The topological polar surface area (TPSA) is 51.0 Å². The molecule has 4 nitrogen and oxygen atoms in total. The smallest absolute Gasteiger partial charge is 0.134 e. The van der Waals surface area contributed by atoms with Gasteiger partial charge >= 0.3 is 0 Å². The van der Waals surface area contributed by atoms with E-state index in [2.05, 4.69) is 35.2 Å². The highest BCUT2D eigenvalue weighted by molar-refractivity contribution is 5.82. The SMILES string of the molecule is Cc1cnc(CNC(C)c2oc3ccccc3c2C)cn1. The normalized spacial score (nSPS) is 12.7. The molecule has 1 atom stereocenters. The Labute approximate surface area is 124 Å². The van der Waals surface area contributed by atoms with E-state index in [1.807, 2.05) is 25.1 Å². The molecule has 3 rings (SSSR count). The Hall–Kier alpha value is -2.20. The first-order valence-electron chi connectivity index (χ1n) is 7.14. The predicted molar refractivity (Wildman–Crippen MR) is 83.0 cm³/mol. The molecule has 4 heteroatoms. The van der Waals surface area contributed by atoms with Gasteiger partial charge in [0.15, 0.2) is 0 Å². The average Bonchev–Trinajstić information content (AvgIpc) is 2.84. The number of fused-ring (bicyclic) bond motifs is 1. The lowest BCUT2D eigenvalue weighted by molar-refractivity contribution is 0.445. The number of nitrogens with zero attached hydrogens (tertiary/aromatic N) is 2. The van der Waals surface area contributed by atoms with Crippen LogP contribution in [0, 0.1) is 13.8 Å². The summed E-state index contributed by atoms with van der Waals surface area (Å²) in [5, 5.41) is 4.62. The second kappa shape index (κ2) is 5.66. The van der Waals surface area contributed by atoms with Crippen molar-refractivity contribution >= 4 is 11.0 Å². The summed E-state index contributed by atoms with van der Waals surface area (Å²) in [5.41, 5.74) is 4.00. The molecule has 3 aromatic rings. The van der Waals surface area contributed by atoms with E-state index in [1.54, 1.807) is 12.4 Å². The molecule has 0 bridgehead atoms. The number of rotatable bonds is 4. The molecule has 1 aromatic carbocycles. The minimum absolute atomic E-state index is 0.125.